The van der Waals surface area contributed by atoms with Gasteiger partial charge in [0.15, 0.2) is 11.6 Å². The average Bonchev–Trinajstić information content (AvgIpc) is 3.06. The van der Waals surface area contributed by atoms with Crippen molar-refractivity contribution in [3.8, 4) is 0 Å². The molecular weight excluding hydrogens is 554 g/mol. The molecule has 12 heteroatoms. The lowest BCUT2D eigenvalue weighted by Gasteiger charge is -2.18. The Hall–Kier alpha value is -3.05. The van der Waals surface area contributed by atoms with Crippen LogP contribution in [-0.4, -0.2) is 11.8 Å². The van der Waals surface area contributed by atoms with E-state index in [0.29, 0.717) is 16.6 Å². The molecule has 176 valence electrons. The summed E-state index contributed by atoms with van der Waals surface area (Å²) in [6, 6.07) is 4.54. The summed E-state index contributed by atoms with van der Waals surface area (Å²) in [5.74, 6) is -5.65. The van der Waals surface area contributed by atoms with Gasteiger partial charge in [0.2, 0.25) is 0 Å². The number of hydrogen-bond acceptors (Lipinski definition) is 2. The predicted molar refractivity (Wildman–Crippen MR) is 114 cm³/mol. The van der Waals surface area contributed by atoms with Gasteiger partial charge in [0, 0.05) is 37.4 Å². The van der Waals surface area contributed by atoms with E-state index in [0.717, 1.165) is 12.1 Å². The fraction of sp³-hybridized carbons (Fsp3) is 0.0909. The zero-order valence-corrected chi connectivity index (χ0v) is 18.8. The quantitative estimate of drug-likeness (QED) is 0.278. The molecule has 0 fully saturated rings. The van der Waals surface area contributed by atoms with E-state index in [1.807, 2.05) is 0 Å². The second-order valence-corrected chi connectivity index (χ2v) is 8.64. The smallest absolute Gasteiger partial charge is 0.341 e. The highest BCUT2D eigenvalue weighted by Crippen LogP contribution is 2.40. The number of carbonyl (C=O) groups is 2. The minimum absolute atomic E-state index is 0.00955. The molecule has 0 radical (unpaired) electrons. The molecule has 1 aliphatic heterocycles. The minimum atomic E-state index is -4.90. The fourth-order valence-corrected chi connectivity index (χ4v) is 4.27. The molecule has 4 rings (SSSR count). The highest BCUT2D eigenvalue weighted by Gasteiger charge is 2.36. The number of hydrogen-bond donors (Lipinski definition) is 2. The molecule has 1 unspecified atom stereocenters. The van der Waals surface area contributed by atoms with Crippen LogP contribution in [-0.2, 0) is 6.18 Å². The second-order valence-electron chi connectivity index (χ2n) is 7.29. The van der Waals surface area contributed by atoms with Crippen LogP contribution in [0.5, 0.6) is 0 Å². The maximum Gasteiger partial charge on any atom is 0.416 e. The molecule has 34 heavy (non-hydrogen) atoms. The van der Waals surface area contributed by atoms with Gasteiger partial charge < -0.3 is 10.6 Å². The van der Waals surface area contributed by atoms with Crippen molar-refractivity contribution in [2.75, 3.05) is 5.32 Å². The molecule has 1 atom stereocenters. The third kappa shape index (κ3) is 4.49. The number of benzene rings is 3. The van der Waals surface area contributed by atoms with E-state index in [1.165, 1.54) is 12.1 Å². The number of rotatable bonds is 3. The van der Waals surface area contributed by atoms with Crippen molar-refractivity contribution in [2.45, 2.75) is 12.2 Å². The van der Waals surface area contributed by atoms with Crippen LogP contribution in [0.4, 0.5) is 32.0 Å². The molecule has 2 amide bonds. The molecule has 0 saturated carbocycles. The number of halogens is 8. The van der Waals surface area contributed by atoms with Gasteiger partial charge in [-0.15, -0.1) is 0 Å². The molecule has 0 bridgehead atoms. The number of carbonyl (C=O) groups excluding carboxylic acids is 2. The van der Waals surface area contributed by atoms with E-state index in [1.54, 1.807) is 0 Å². The van der Waals surface area contributed by atoms with Crippen molar-refractivity contribution in [3.05, 3.63) is 97.2 Å². The number of nitrogens with one attached hydrogen (secondary N) is 2. The van der Waals surface area contributed by atoms with Crippen LogP contribution in [0.15, 0.2) is 46.9 Å². The molecule has 4 nitrogen and oxygen atoms in total. The lowest BCUT2D eigenvalue weighted by atomic mass is 9.95. The van der Waals surface area contributed by atoms with Crippen molar-refractivity contribution in [3.63, 3.8) is 0 Å². The van der Waals surface area contributed by atoms with Gasteiger partial charge in [0.1, 0.15) is 5.82 Å². The van der Waals surface area contributed by atoms with Gasteiger partial charge in [-0.2, -0.15) is 13.2 Å². The van der Waals surface area contributed by atoms with Crippen molar-refractivity contribution in [1.82, 2.24) is 5.32 Å². The van der Waals surface area contributed by atoms with Gasteiger partial charge >= 0.3 is 6.18 Å². The molecule has 0 saturated heterocycles. The highest BCUT2D eigenvalue weighted by molar-refractivity contribution is 9.10. The fourth-order valence-electron chi connectivity index (χ4n) is 3.60. The second kappa shape index (κ2) is 8.62. The van der Waals surface area contributed by atoms with E-state index in [4.69, 9.17) is 11.6 Å². The van der Waals surface area contributed by atoms with Gasteiger partial charge in [0.05, 0.1) is 11.6 Å². The summed E-state index contributed by atoms with van der Waals surface area (Å²) in [4.78, 5) is 25.3. The third-order valence-corrected chi connectivity index (χ3v) is 5.70. The average molecular weight is 564 g/mol. The molecule has 0 aromatic heterocycles. The Morgan fingerprint density at radius 2 is 1.74 bits per heavy atom. The van der Waals surface area contributed by atoms with Crippen LogP contribution >= 0.6 is 27.5 Å². The summed E-state index contributed by atoms with van der Waals surface area (Å²) in [5.41, 5.74) is -2.44. The van der Waals surface area contributed by atoms with Gasteiger partial charge in [-0.1, -0.05) is 27.5 Å². The maximum absolute atomic E-state index is 14.6. The zero-order valence-electron chi connectivity index (χ0n) is 16.5. The first kappa shape index (κ1) is 24.1. The summed E-state index contributed by atoms with van der Waals surface area (Å²) in [7, 11) is 0. The third-order valence-electron chi connectivity index (χ3n) is 5.02. The lowest BCUT2D eigenvalue weighted by molar-refractivity contribution is -0.137. The largest absolute Gasteiger partial charge is 0.416 e. The minimum Gasteiger partial charge on any atom is -0.341 e. The van der Waals surface area contributed by atoms with Gasteiger partial charge in [-0.25, -0.2) is 13.2 Å². The van der Waals surface area contributed by atoms with Gasteiger partial charge in [-0.3, -0.25) is 9.59 Å². The van der Waals surface area contributed by atoms with Crippen LogP contribution in [0.3, 0.4) is 0 Å². The monoisotopic (exact) mass is 562 g/mol. The Labute approximate surface area is 201 Å². The molecular formula is C22H10BrClF6N2O2. The maximum atomic E-state index is 14.6. The first-order chi connectivity index (χ1) is 15.8. The summed E-state index contributed by atoms with van der Waals surface area (Å²) < 4.78 is 81.7. The van der Waals surface area contributed by atoms with Gasteiger partial charge in [-0.05, 0) is 42.5 Å². The van der Waals surface area contributed by atoms with E-state index in [2.05, 4.69) is 26.6 Å². The van der Waals surface area contributed by atoms with Crippen molar-refractivity contribution >= 4 is 45.0 Å². The standard InChI is InChI=1S/C22H10BrClF6N2O2/c23-10-4-13-17(19(32-21(13)34)14-6-11(24)7-15(26)18(14)27)16(5-10)31-20(33)8-1-9(22(28,29)30)3-12(25)2-8/h1-7,19H,(H,31,33)(H,32,34). The van der Waals surface area contributed by atoms with Crippen LogP contribution in [0, 0.1) is 17.5 Å². The molecule has 0 spiro atoms. The molecule has 0 aliphatic carbocycles. The normalized spacial score (nSPS) is 15.2. The topological polar surface area (TPSA) is 58.2 Å². The molecule has 1 aliphatic rings. The van der Waals surface area contributed by atoms with E-state index < -0.39 is 52.6 Å². The van der Waals surface area contributed by atoms with Crippen molar-refractivity contribution < 1.29 is 35.9 Å². The SMILES string of the molecule is O=C(Nc1cc(Br)cc2c1C(c1cc(Cl)cc(F)c1F)NC2=O)c1cc(F)cc(C(F)(F)F)c1. The summed E-state index contributed by atoms with van der Waals surface area (Å²) in [6.45, 7) is 0. The summed E-state index contributed by atoms with van der Waals surface area (Å²) in [5, 5.41) is 4.64. The van der Waals surface area contributed by atoms with Crippen LogP contribution in [0.2, 0.25) is 5.02 Å². The van der Waals surface area contributed by atoms with Crippen molar-refractivity contribution in [2.24, 2.45) is 0 Å². The zero-order chi connectivity index (χ0) is 24.9. The van der Waals surface area contributed by atoms with E-state index >= 15 is 0 Å². The van der Waals surface area contributed by atoms with Crippen LogP contribution in [0.1, 0.15) is 43.4 Å². The lowest BCUT2D eigenvalue weighted by Crippen LogP contribution is -2.22. The first-order valence-corrected chi connectivity index (χ1v) is 10.5. The number of alkyl halides is 3. The van der Waals surface area contributed by atoms with E-state index in [9.17, 15) is 35.9 Å². The van der Waals surface area contributed by atoms with Crippen LogP contribution < -0.4 is 10.6 Å². The Kier molecular flexibility index (Phi) is 6.11. The first-order valence-electron chi connectivity index (χ1n) is 9.33. The molecule has 2 N–H and O–H groups in total. The summed E-state index contributed by atoms with van der Waals surface area (Å²) in [6.07, 6.45) is -4.90. The van der Waals surface area contributed by atoms with Crippen LogP contribution in [0.25, 0.3) is 0 Å². The Bertz CT molecular complexity index is 1360. The van der Waals surface area contributed by atoms with E-state index in [-0.39, 0.29) is 33.5 Å². The Morgan fingerprint density at radius 3 is 2.41 bits per heavy atom. The van der Waals surface area contributed by atoms with Crippen molar-refractivity contribution in [1.29, 1.82) is 0 Å². The summed E-state index contributed by atoms with van der Waals surface area (Å²) >= 11 is 8.99. The molecule has 1 heterocycles. The highest BCUT2D eigenvalue weighted by atomic mass is 79.9. The van der Waals surface area contributed by atoms with Gasteiger partial charge in [0.25, 0.3) is 11.8 Å². The predicted octanol–water partition coefficient (Wildman–Crippen LogP) is 6.62. The molecule has 3 aromatic rings. The molecule has 3 aromatic carbocycles. The number of anilines is 1. The number of fused-ring (bicyclic) bond motifs is 1. The Balaban J connectivity index is 1.80. The number of amides is 2. The Morgan fingerprint density at radius 1 is 1.03 bits per heavy atom.